The molecule has 0 aliphatic carbocycles. The topological polar surface area (TPSA) is 83.6 Å². The van der Waals surface area contributed by atoms with E-state index < -0.39 is 5.97 Å². The van der Waals surface area contributed by atoms with E-state index in [4.69, 9.17) is 10.8 Å². The summed E-state index contributed by atoms with van der Waals surface area (Å²) in [5.74, 6) is -1.41. The Hall–Kier alpha value is -2.07. The van der Waals surface area contributed by atoms with Gasteiger partial charge >= 0.3 is 5.97 Å². The molecule has 0 amide bonds. The monoisotopic (exact) mass is 217 g/mol. The van der Waals surface area contributed by atoms with Crippen LogP contribution in [0.5, 0.6) is 5.75 Å². The van der Waals surface area contributed by atoms with Gasteiger partial charge in [-0.15, -0.1) is 0 Å². The zero-order chi connectivity index (χ0) is 11.7. The maximum Gasteiger partial charge on any atom is 0.339 e. The van der Waals surface area contributed by atoms with Crippen molar-refractivity contribution in [3.8, 4) is 5.75 Å². The molecule has 0 unspecified atom stereocenters. The van der Waals surface area contributed by atoms with Crippen molar-refractivity contribution in [2.45, 2.75) is 6.54 Å². The standard InChI is InChI=1S/C12H11NO3/c13-6-9-8-4-2-1-3-7(8)5-10(14)11(9)12(15)16/h1-5,14H,6,13H2,(H,15,16). The van der Waals surface area contributed by atoms with E-state index in [1.807, 2.05) is 12.1 Å². The van der Waals surface area contributed by atoms with Crippen molar-refractivity contribution in [2.24, 2.45) is 5.73 Å². The molecule has 0 aliphatic heterocycles. The van der Waals surface area contributed by atoms with Crippen molar-refractivity contribution in [3.63, 3.8) is 0 Å². The number of aromatic carboxylic acids is 1. The third kappa shape index (κ3) is 1.49. The molecule has 4 nitrogen and oxygen atoms in total. The van der Waals surface area contributed by atoms with Crippen molar-refractivity contribution in [3.05, 3.63) is 41.5 Å². The molecule has 16 heavy (non-hydrogen) atoms. The van der Waals surface area contributed by atoms with Gasteiger partial charge in [0.05, 0.1) is 0 Å². The van der Waals surface area contributed by atoms with Crippen LogP contribution in [-0.4, -0.2) is 16.2 Å². The van der Waals surface area contributed by atoms with Gasteiger partial charge in [-0.25, -0.2) is 4.79 Å². The summed E-state index contributed by atoms with van der Waals surface area (Å²) in [6, 6.07) is 8.67. The van der Waals surface area contributed by atoms with E-state index >= 15 is 0 Å². The minimum absolute atomic E-state index is 0.0799. The molecule has 4 N–H and O–H groups in total. The molecule has 0 heterocycles. The number of hydrogen-bond donors (Lipinski definition) is 3. The minimum atomic E-state index is -1.16. The highest BCUT2D eigenvalue weighted by atomic mass is 16.4. The maximum atomic E-state index is 11.0. The third-order valence-electron chi connectivity index (χ3n) is 2.55. The number of aromatic hydroxyl groups is 1. The number of hydrogen-bond acceptors (Lipinski definition) is 3. The average Bonchev–Trinajstić information content (AvgIpc) is 2.26. The Morgan fingerprint density at radius 1 is 1.31 bits per heavy atom. The van der Waals surface area contributed by atoms with E-state index in [0.717, 1.165) is 10.8 Å². The summed E-state index contributed by atoms with van der Waals surface area (Å²) in [5, 5.41) is 20.2. The van der Waals surface area contributed by atoms with Gasteiger partial charge in [-0.3, -0.25) is 0 Å². The Kier molecular flexibility index (Phi) is 2.50. The second kappa shape index (κ2) is 3.83. The summed E-state index contributed by atoms with van der Waals surface area (Å²) in [7, 11) is 0. The second-order valence-electron chi connectivity index (χ2n) is 3.48. The molecular formula is C12H11NO3. The normalized spacial score (nSPS) is 10.6. The lowest BCUT2D eigenvalue weighted by atomic mass is 9.98. The van der Waals surface area contributed by atoms with Crippen LogP contribution in [-0.2, 0) is 6.54 Å². The van der Waals surface area contributed by atoms with Crippen molar-refractivity contribution >= 4 is 16.7 Å². The quantitative estimate of drug-likeness (QED) is 0.714. The van der Waals surface area contributed by atoms with E-state index in [2.05, 4.69) is 0 Å². The minimum Gasteiger partial charge on any atom is -0.507 e. The first-order chi connectivity index (χ1) is 7.65. The molecule has 4 heteroatoms. The Labute approximate surface area is 91.9 Å². The number of carbonyl (C=O) groups is 1. The van der Waals surface area contributed by atoms with Crippen LogP contribution >= 0.6 is 0 Å². The smallest absolute Gasteiger partial charge is 0.339 e. The summed E-state index contributed by atoms with van der Waals surface area (Å²) in [5.41, 5.74) is 5.90. The molecule has 82 valence electrons. The molecule has 0 aliphatic rings. The van der Waals surface area contributed by atoms with Gasteiger partial charge in [-0.05, 0) is 22.4 Å². The number of rotatable bonds is 2. The largest absolute Gasteiger partial charge is 0.507 e. The molecular weight excluding hydrogens is 206 g/mol. The van der Waals surface area contributed by atoms with Crippen LogP contribution in [0.2, 0.25) is 0 Å². The number of carboxylic acid groups (broad SMARTS) is 1. The molecule has 0 radical (unpaired) electrons. The van der Waals surface area contributed by atoms with Gasteiger partial charge in [0.1, 0.15) is 11.3 Å². The highest BCUT2D eigenvalue weighted by molar-refractivity contribution is 6.00. The fraction of sp³-hybridized carbons (Fsp3) is 0.0833. The SMILES string of the molecule is NCc1c(C(=O)O)c(O)cc2ccccc12. The zero-order valence-corrected chi connectivity index (χ0v) is 8.47. The predicted octanol–water partition coefficient (Wildman–Crippen LogP) is 1.70. The highest BCUT2D eigenvalue weighted by Crippen LogP contribution is 2.29. The van der Waals surface area contributed by atoms with Crippen LogP contribution in [0.1, 0.15) is 15.9 Å². The molecule has 0 bridgehead atoms. The van der Waals surface area contributed by atoms with Crippen LogP contribution in [0.15, 0.2) is 30.3 Å². The molecule has 0 atom stereocenters. The van der Waals surface area contributed by atoms with E-state index in [0.29, 0.717) is 5.56 Å². The first-order valence-electron chi connectivity index (χ1n) is 4.82. The molecule has 0 saturated heterocycles. The fourth-order valence-corrected chi connectivity index (χ4v) is 1.86. The lowest BCUT2D eigenvalue weighted by Crippen LogP contribution is -2.08. The second-order valence-corrected chi connectivity index (χ2v) is 3.48. The number of phenols is 1. The molecule has 0 saturated carbocycles. The Balaban J connectivity index is 2.90. The van der Waals surface area contributed by atoms with Gasteiger partial charge in [0.15, 0.2) is 0 Å². The van der Waals surface area contributed by atoms with Gasteiger partial charge in [0, 0.05) is 6.54 Å². The molecule has 0 fully saturated rings. The summed E-state index contributed by atoms with van der Waals surface area (Å²) < 4.78 is 0. The molecule has 2 rings (SSSR count). The van der Waals surface area contributed by atoms with Crippen molar-refractivity contribution in [2.75, 3.05) is 0 Å². The summed E-state index contributed by atoms with van der Waals surface area (Å²) in [6.45, 7) is 0.0799. The van der Waals surface area contributed by atoms with Gasteiger partial charge in [-0.1, -0.05) is 24.3 Å². The van der Waals surface area contributed by atoms with Crippen molar-refractivity contribution < 1.29 is 15.0 Å². The number of carboxylic acids is 1. The summed E-state index contributed by atoms with van der Waals surface area (Å²) in [4.78, 5) is 11.0. The van der Waals surface area contributed by atoms with Crippen LogP contribution in [0.3, 0.4) is 0 Å². The van der Waals surface area contributed by atoms with Gasteiger partial charge < -0.3 is 15.9 Å². The van der Waals surface area contributed by atoms with E-state index in [-0.39, 0.29) is 17.9 Å². The lowest BCUT2D eigenvalue weighted by molar-refractivity contribution is 0.0692. The number of fused-ring (bicyclic) bond motifs is 1. The third-order valence-corrected chi connectivity index (χ3v) is 2.55. The Morgan fingerprint density at radius 2 is 2.00 bits per heavy atom. The highest BCUT2D eigenvalue weighted by Gasteiger charge is 2.17. The zero-order valence-electron chi connectivity index (χ0n) is 8.47. The maximum absolute atomic E-state index is 11.0. The Morgan fingerprint density at radius 3 is 2.62 bits per heavy atom. The molecule has 0 aromatic heterocycles. The number of nitrogens with two attached hydrogens (primary N) is 1. The van der Waals surface area contributed by atoms with Crippen LogP contribution < -0.4 is 5.73 Å². The first-order valence-corrected chi connectivity index (χ1v) is 4.82. The van der Waals surface area contributed by atoms with Gasteiger partial charge in [0.25, 0.3) is 0 Å². The summed E-state index contributed by atoms with van der Waals surface area (Å²) in [6.07, 6.45) is 0. The molecule has 2 aromatic carbocycles. The van der Waals surface area contributed by atoms with E-state index in [1.165, 1.54) is 6.07 Å². The molecule has 0 spiro atoms. The van der Waals surface area contributed by atoms with E-state index in [9.17, 15) is 9.90 Å². The van der Waals surface area contributed by atoms with E-state index in [1.54, 1.807) is 12.1 Å². The van der Waals surface area contributed by atoms with Crippen LogP contribution in [0.4, 0.5) is 0 Å². The average molecular weight is 217 g/mol. The van der Waals surface area contributed by atoms with Crippen LogP contribution in [0, 0.1) is 0 Å². The molecule has 2 aromatic rings. The summed E-state index contributed by atoms with van der Waals surface area (Å²) >= 11 is 0. The number of benzene rings is 2. The van der Waals surface area contributed by atoms with Gasteiger partial charge in [0.2, 0.25) is 0 Å². The van der Waals surface area contributed by atoms with Crippen LogP contribution in [0.25, 0.3) is 10.8 Å². The predicted molar refractivity (Wildman–Crippen MR) is 60.5 cm³/mol. The Bertz CT molecular complexity index is 563. The fourth-order valence-electron chi connectivity index (χ4n) is 1.86. The van der Waals surface area contributed by atoms with Gasteiger partial charge in [-0.2, -0.15) is 0 Å². The van der Waals surface area contributed by atoms with Crippen molar-refractivity contribution in [1.29, 1.82) is 0 Å². The van der Waals surface area contributed by atoms with Crippen molar-refractivity contribution in [1.82, 2.24) is 0 Å². The first kappa shape index (κ1) is 10.4. The lowest BCUT2D eigenvalue weighted by Gasteiger charge is -2.10.